The summed E-state index contributed by atoms with van der Waals surface area (Å²) in [5.74, 6) is -0.0497. The van der Waals surface area contributed by atoms with Crippen LogP contribution in [0.4, 0.5) is 0 Å². The Morgan fingerprint density at radius 1 is 1.53 bits per heavy atom. The van der Waals surface area contributed by atoms with Gasteiger partial charge in [-0.2, -0.15) is 0 Å². The summed E-state index contributed by atoms with van der Waals surface area (Å²) in [4.78, 5) is 10.8. The Bertz CT molecular complexity index is 361. The predicted octanol–water partition coefficient (Wildman–Crippen LogP) is 1.75. The second kappa shape index (κ2) is 4.82. The molecule has 1 atom stereocenters. The van der Waals surface area contributed by atoms with Crippen molar-refractivity contribution in [3.8, 4) is 5.75 Å². The van der Waals surface area contributed by atoms with Gasteiger partial charge in [0.05, 0.1) is 0 Å². The van der Waals surface area contributed by atoms with E-state index in [0.717, 1.165) is 24.0 Å². The molecular formula is C12H17NO2. The minimum atomic E-state index is -0.259. The molecule has 3 heteroatoms. The van der Waals surface area contributed by atoms with Gasteiger partial charge in [0.15, 0.2) is 0 Å². The molecule has 0 aromatic heterocycles. The Balaban J connectivity index is 2.58. The fourth-order valence-corrected chi connectivity index (χ4v) is 1.40. The molecule has 0 spiro atoms. The maximum absolute atomic E-state index is 10.8. The first-order valence-electron chi connectivity index (χ1n) is 5.08. The summed E-state index contributed by atoms with van der Waals surface area (Å²) in [7, 11) is 0. The van der Waals surface area contributed by atoms with Crippen molar-refractivity contribution in [2.24, 2.45) is 11.7 Å². The number of rotatable bonds is 4. The first kappa shape index (κ1) is 11.6. The van der Waals surface area contributed by atoms with Crippen LogP contribution in [0.25, 0.3) is 0 Å². The van der Waals surface area contributed by atoms with Crippen molar-refractivity contribution in [2.45, 2.75) is 26.7 Å². The van der Waals surface area contributed by atoms with E-state index in [1.54, 1.807) is 6.07 Å². The van der Waals surface area contributed by atoms with Crippen LogP contribution in [0.2, 0.25) is 0 Å². The standard InChI is InChI=1S/C12H17NO2/c1-8(12(13)15)3-4-10-5-6-11(14)9(2)7-10/h5-8,14H,3-4H2,1-2H3,(H2,13,15)/t8-/m0/s1. The Morgan fingerprint density at radius 2 is 2.20 bits per heavy atom. The molecule has 0 unspecified atom stereocenters. The number of hydrogen-bond acceptors (Lipinski definition) is 2. The first-order valence-corrected chi connectivity index (χ1v) is 5.08. The molecule has 3 N–H and O–H groups in total. The number of phenolic OH excluding ortho intramolecular Hbond substituents is 1. The summed E-state index contributed by atoms with van der Waals surface area (Å²) in [5, 5.41) is 9.34. The number of primary amides is 1. The lowest BCUT2D eigenvalue weighted by atomic mass is 9.99. The van der Waals surface area contributed by atoms with E-state index >= 15 is 0 Å². The van der Waals surface area contributed by atoms with Crippen LogP contribution in [0.1, 0.15) is 24.5 Å². The highest BCUT2D eigenvalue weighted by atomic mass is 16.3. The third-order valence-corrected chi connectivity index (χ3v) is 2.61. The van der Waals surface area contributed by atoms with Crippen molar-refractivity contribution in [1.82, 2.24) is 0 Å². The molecule has 0 aliphatic rings. The van der Waals surface area contributed by atoms with Crippen LogP contribution in [-0.2, 0) is 11.2 Å². The average Bonchev–Trinajstić information content (AvgIpc) is 2.19. The zero-order valence-corrected chi connectivity index (χ0v) is 9.16. The number of nitrogens with two attached hydrogens (primary N) is 1. The predicted molar refractivity (Wildman–Crippen MR) is 59.5 cm³/mol. The molecule has 82 valence electrons. The molecule has 0 saturated carbocycles. The fraction of sp³-hybridized carbons (Fsp3) is 0.417. The molecule has 0 heterocycles. The Morgan fingerprint density at radius 3 is 2.73 bits per heavy atom. The van der Waals surface area contributed by atoms with Gasteiger partial charge in [0, 0.05) is 5.92 Å². The topological polar surface area (TPSA) is 63.3 Å². The van der Waals surface area contributed by atoms with Crippen LogP contribution in [0.3, 0.4) is 0 Å². The molecule has 0 bridgehead atoms. The van der Waals surface area contributed by atoms with E-state index in [1.165, 1.54) is 0 Å². The largest absolute Gasteiger partial charge is 0.508 e. The average molecular weight is 207 g/mol. The SMILES string of the molecule is Cc1cc(CC[C@H](C)C(N)=O)ccc1O. The van der Waals surface area contributed by atoms with Gasteiger partial charge in [-0.25, -0.2) is 0 Å². The Kier molecular flexibility index (Phi) is 3.72. The van der Waals surface area contributed by atoms with Gasteiger partial charge >= 0.3 is 0 Å². The molecule has 1 amide bonds. The molecule has 15 heavy (non-hydrogen) atoms. The maximum atomic E-state index is 10.8. The van der Waals surface area contributed by atoms with E-state index in [4.69, 9.17) is 5.73 Å². The van der Waals surface area contributed by atoms with Crippen molar-refractivity contribution in [2.75, 3.05) is 0 Å². The van der Waals surface area contributed by atoms with Gasteiger partial charge < -0.3 is 10.8 Å². The van der Waals surface area contributed by atoms with Gasteiger partial charge in [-0.1, -0.05) is 19.1 Å². The summed E-state index contributed by atoms with van der Waals surface area (Å²) < 4.78 is 0. The molecule has 1 aromatic carbocycles. The number of hydrogen-bond donors (Lipinski definition) is 2. The monoisotopic (exact) mass is 207 g/mol. The van der Waals surface area contributed by atoms with Crippen molar-refractivity contribution < 1.29 is 9.90 Å². The number of aryl methyl sites for hydroxylation is 2. The zero-order valence-electron chi connectivity index (χ0n) is 9.16. The van der Waals surface area contributed by atoms with E-state index in [2.05, 4.69) is 0 Å². The number of amides is 1. The zero-order chi connectivity index (χ0) is 11.4. The Labute approximate surface area is 89.9 Å². The molecular weight excluding hydrogens is 190 g/mol. The lowest BCUT2D eigenvalue weighted by Crippen LogP contribution is -2.20. The van der Waals surface area contributed by atoms with Crippen molar-refractivity contribution in [3.05, 3.63) is 29.3 Å². The lowest BCUT2D eigenvalue weighted by molar-refractivity contribution is -0.121. The van der Waals surface area contributed by atoms with Gasteiger partial charge in [0.2, 0.25) is 5.91 Å². The van der Waals surface area contributed by atoms with E-state index < -0.39 is 0 Å². The van der Waals surface area contributed by atoms with Crippen LogP contribution < -0.4 is 5.73 Å². The van der Waals surface area contributed by atoms with E-state index in [0.29, 0.717) is 5.75 Å². The summed E-state index contributed by atoms with van der Waals surface area (Å²) >= 11 is 0. The highest BCUT2D eigenvalue weighted by Gasteiger charge is 2.08. The highest BCUT2D eigenvalue weighted by Crippen LogP contribution is 2.18. The number of aromatic hydroxyl groups is 1. The summed E-state index contributed by atoms with van der Waals surface area (Å²) in [6, 6.07) is 5.48. The van der Waals surface area contributed by atoms with Crippen molar-refractivity contribution >= 4 is 5.91 Å². The first-order chi connectivity index (χ1) is 7.00. The van der Waals surface area contributed by atoms with E-state index in [9.17, 15) is 9.90 Å². The maximum Gasteiger partial charge on any atom is 0.220 e. The van der Waals surface area contributed by atoms with E-state index in [-0.39, 0.29) is 11.8 Å². The van der Waals surface area contributed by atoms with Gasteiger partial charge in [-0.3, -0.25) is 4.79 Å². The smallest absolute Gasteiger partial charge is 0.220 e. The van der Waals surface area contributed by atoms with Crippen LogP contribution in [0.15, 0.2) is 18.2 Å². The minimum absolute atomic E-state index is 0.0980. The molecule has 1 rings (SSSR count). The molecule has 0 aliphatic heterocycles. The third kappa shape index (κ3) is 3.27. The second-order valence-electron chi connectivity index (χ2n) is 3.96. The highest BCUT2D eigenvalue weighted by molar-refractivity contribution is 5.76. The van der Waals surface area contributed by atoms with Crippen LogP contribution in [0, 0.1) is 12.8 Å². The van der Waals surface area contributed by atoms with Crippen molar-refractivity contribution in [1.29, 1.82) is 0 Å². The third-order valence-electron chi connectivity index (χ3n) is 2.61. The minimum Gasteiger partial charge on any atom is -0.508 e. The normalized spacial score (nSPS) is 12.4. The summed E-state index contributed by atoms with van der Waals surface area (Å²) in [6.45, 7) is 3.69. The van der Waals surface area contributed by atoms with Crippen molar-refractivity contribution in [3.63, 3.8) is 0 Å². The second-order valence-corrected chi connectivity index (χ2v) is 3.96. The molecule has 0 aliphatic carbocycles. The molecule has 0 radical (unpaired) electrons. The van der Waals surface area contributed by atoms with Crippen LogP contribution in [0.5, 0.6) is 5.75 Å². The van der Waals surface area contributed by atoms with Crippen LogP contribution >= 0.6 is 0 Å². The number of benzene rings is 1. The summed E-state index contributed by atoms with van der Waals surface area (Å²) in [5.41, 5.74) is 7.16. The lowest BCUT2D eigenvalue weighted by Gasteiger charge is -2.08. The van der Waals surface area contributed by atoms with E-state index in [1.807, 2.05) is 26.0 Å². The van der Waals surface area contributed by atoms with Gasteiger partial charge in [0.25, 0.3) is 0 Å². The van der Waals surface area contributed by atoms with Gasteiger partial charge in [-0.05, 0) is 37.0 Å². The number of carbonyl (C=O) groups excluding carboxylic acids is 1. The fourth-order valence-electron chi connectivity index (χ4n) is 1.40. The quantitative estimate of drug-likeness (QED) is 0.790. The van der Waals surface area contributed by atoms with Gasteiger partial charge in [0.1, 0.15) is 5.75 Å². The molecule has 1 aromatic rings. The molecule has 0 fully saturated rings. The number of carbonyl (C=O) groups is 1. The summed E-state index contributed by atoms with van der Waals surface area (Å²) in [6.07, 6.45) is 1.56. The number of phenols is 1. The Hall–Kier alpha value is -1.51. The van der Waals surface area contributed by atoms with Gasteiger partial charge in [-0.15, -0.1) is 0 Å². The van der Waals surface area contributed by atoms with Crippen LogP contribution in [-0.4, -0.2) is 11.0 Å². The molecule has 3 nitrogen and oxygen atoms in total. The molecule has 0 saturated heterocycles.